The van der Waals surface area contributed by atoms with Gasteiger partial charge in [-0.2, -0.15) is 0 Å². The second kappa shape index (κ2) is 7.02. The molecule has 1 amide bonds. The number of rotatable bonds is 4. The van der Waals surface area contributed by atoms with E-state index in [4.69, 9.17) is 0 Å². The van der Waals surface area contributed by atoms with Crippen molar-refractivity contribution in [1.82, 2.24) is 10.2 Å². The quantitative estimate of drug-likeness (QED) is 0.854. The fraction of sp³-hybridized carbons (Fsp3) is 0.421. The Balaban J connectivity index is 1.42. The zero-order valence-corrected chi connectivity index (χ0v) is 15.8. The van der Waals surface area contributed by atoms with Crippen LogP contribution < -0.4 is 5.32 Å². The number of phenolic OH excluding ortho intramolecular Hbond substituents is 1. The van der Waals surface area contributed by atoms with Gasteiger partial charge in [-0.05, 0) is 69.1 Å². The number of nitrogens with one attached hydrogen (secondary N) is 1. The normalized spacial score (nSPS) is 28.0. The Morgan fingerprint density at radius 1 is 1.28 bits per heavy atom. The van der Waals surface area contributed by atoms with Gasteiger partial charge in [0.1, 0.15) is 5.75 Å². The van der Waals surface area contributed by atoms with E-state index >= 15 is 0 Å². The van der Waals surface area contributed by atoms with E-state index in [0.717, 1.165) is 14.0 Å². The van der Waals surface area contributed by atoms with Crippen LogP contribution in [0.1, 0.15) is 29.4 Å². The Morgan fingerprint density at radius 3 is 2.80 bits per heavy atom. The van der Waals surface area contributed by atoms with Gasteiger partial charge in [-0.3, -0.25) is 9.69 Å². The zero-order valence-electron chi connectivity index (χ0n) is 14.1. The molecule has 1 aromatic heterocycles. The van der Waals surface area contributed by atoms with E-state index in [1.807, 2.05) is 24.3 Å². The lowest BCUT2D eigenvalue weighted by Gasteiger charge is -2.49. The maximum Gasteiger partial charge on any atom is 0.261 e. The first-order chi connectivity index (χ1) is 12.1. The number of carbonyl (C=O) groups is 1. The molecule has 1 aromatic carbocycles. The fourth-order valence-corrected chi connectivity index (χ4v) is 5.99. The molecular formula is C19H22N2O2S2. The first-order valence-corrected chi connectivity index (χ1v) is 10.3. The van der Waals surface area contributed by atoms with Crippen molar-refractivity contribution in [2.75, 3.05) is 13.1 Å². The van der Waals surface area contributed by atoms with Crippen molar-refractivity contribution in [3.05, 3.63) is 41.3 Å². The van der Waals surface area contributed by atoms with Gasteiger partial charge < -0.3 is 10.4 Å². The van der Waals surface area contributed by atoms with Crippen LogP contribution in [0.3, 0.4) is 0 Å². The average Bonchev–Trinajstić information content (AvgIpc) is 3.07. The van der Waals surface area contributed by atoms with Crippen molar-refractivity contribution in [3.63, 3.8) is 0 Å². The summed E-state index contributed by atoms with van der Waals surface area (Å²) in [6, 6.07) is 11.8. The van der Waals surface area contributed by atoms with Gasteiger partial charge in [0.25, 0.3) is 5.91 Å². The standard InChI is InChI=1S/C19H22N2O2S2/c1-12-18(13-7-9-21(12)10-8-13)20-19(23)16-5-6-17(25-16)24-15-4-2-3-14(22)11-15/h2-6,11-13,18,22H,7-10H2,1H3,(H,20,23). The molecular weight excluding hydrogens is 352 g/mol. The van der Waals surface area contributed by atoms with E-state index in [-0.39, 0.29) is 17.7 Å². The lowest BCUT2D eigenvalue weighted by molar-refractivity contribution is 0.0218. The summed E-state index contributed by atoms with van der Waals surface area (Å²) >= 11 is 3.08. The van der Waals surface area contributed by atoms with Crippen molar-refractivity contribution < 1.29 is 9.90 Å². The number of carbonyl (C=O) groups excluding carboxylic acids is 1. The summed E-state index contributed by atoms with van der Waals surface area (Å²) < 4.78 is 1.05. The van der Waals surface area contributed by atoms with Crippen molar-refractivity contribution >= 4 is 29.0 Å². The van der Waals surface area contributed by atoms with Gasteiger partial charge in [0.05, 0.1) is 9.09 Å². The van der Waals surface area contributed by atoms with Crippen LogP contribution in [-0.2, 0) is 0 Å². The molecule has 4 heterocycles. The second-order valence-electron chi connectivity index (χ2n) is 6.83. The van der Waals surface area contributed by atoms with Crippen LogP contribution in [0.5, 0.6) is 5.75 Å². The van der Waals surface area contributed by atoms with E-state index in [1.54, 1.807) is 23.9 Å². The SMILES string of the molecule is CC1C(NC(=O)c2ccc(Sc3cccc(O)c3)s2)C2CCN1CC2. The number of nitrogens with zero attached hydrogens (tertiary/aromatic N) is 1. The van der Waals surface area contributed by atoms with Crippen LogP contribution in [0.25, 0.3) is 0 Å². The highest BCUT2D eigenvalue weighted by molar-refractivity contribution is 8.01. The summed E-state index contributed by atoms with van der Waals surface area (Å²) in [7, 11) is 0. The summed E-state index contributed by atoms with van der Waals surface area (Å²) in [4.78, 5) is 16.9. The van der Waals surface area contributed by atoms with E-state index in [0.29, 0.717) is 12.0 Å². The topological polar surface area (TPSA) is 52.6 Å². The van der Waals surface area contributed by atoms with E-state index < -0.39 is 0 Å². The number of phenols is 1. The smallest absolute Gasteiger partial charge is 0.261 e. The first-order valence-electron chi connectivity index (χ1n) is 8.72. The van der Waals surface area contributed by atoms with Gasteiger partial charge in [-0.15, -0.1) is 11.3 Å². The minimum absolute atomic E-state index is 0.0401. The molecule has 2 unspecified atom stereocenters. The Bertz CT molecular complexity index is 766. The molecule has 132 valence electrons. The summed E-state index contributed by atoms with van der Waals surface area (Å²) in [6.45, 7) is 4.57. The van der Waals surface area contributed by atoms with Gasteiger partial charge in [0, 0.05) is 17.0 Å². The van der Waals surface area contributed by atoms with E-state index in [9.17, 15) is 9.90 Å². The number of piperidine rings is 3. The van der Waals surface area contributed by atoms with E-state index in [1.165, 1.54) is 37.3 Å². The Morgan fingerprint density at radius 2 is 2.08 bits per heavy atom. The molecule has 2 aromatic rings. The van der Waals surface area contributed by atoms with Crippen LogP contribution in [0.15, 0.2) is 45.5 Å². The van der Waals surface area contributed by atoms with Gasteiger partial charge in [0.2, 0.25) is 0 Å². The fourth-order valence-electron chi connectivity index (χ4n) is 3.93. The average molecular weight is 375 g/mol. The van der Waals surface area contributed by atoms with E-state index in [2.05, 4.69) is 17.1 Å². The monoisotopic (exact) mass is 374 g/mol. The maximum atomic E-state index is 12.7. The predicted molar refractivity (Wildman–Crippen MR) is 102 cm³/mol. The van der Waals surface area contributed by atoms with Gasteiger partial charge in [-0.1, -0.05) is 17.8 Å². The number of hydrogen-bond donors (Lipinski definition) is 2. The van der Waals surface area contributed by atoms with Crippen LogP contribution >= 0.6 is 23.1 Å². The molecule has 5 rings (SSSR count). The highest BCUT2D eigenvalue weighted by Gasteiger charge is 2.40. The van der Waals surface area contributed by atoms with Gasteiger partial charge >= 0.3 is 0 Å². The molecule has 2 atom stereocenters. The predicted octanol–water partition coefficient (Wildman–Crippen LogP) is 3.82. The van der Waals surface area contributed by atoms with Crippen molar-refractivity contribution in [2.45, 2.75) is 41.0 Å². The Kier molecular flexibility index (Phi) is 4.75. The molecule has 2 N–H and O–H groups in total. The maximum absolute atomic E-state index is 12.7. The van der Waals surface area contributed by atoms with Crippen LogP contribution in [0, 0.1) is 5.92 Å². The molecule has 0 spiro atoms. The third-order valence-electron chi connectivity index (χ3n) is 5.32. The van der Waals surface area contributed by atoms with Crippen molar-refractivity contribution in [1.29, 1.82) is 0 Å². The highest BCUT2D eigenvalue weighted by atomic mass is 32.2. The summed E-state index contributed by atoms with van der Waals surface area (Å²) in [6.07, 6.45) is 2.39. The number of fused-ring (bicyclic) bond motifs is 3. The molecule has 4 nitrogen and oxygen atoms in total. The summed E-state index contributed by atoms with van der Waals surface area (Å²) in [5.74, 6) is 0.916. The number of aromatic hydroxyl groups is 1. The number of hydrogen-bond acceptors (Lipinski definition) is 5. The van der Waals surface area contributed by atoms with Crippen LogP contribution in [0.2, 0.25) is 0 Å². The third-order valence-corrected chi connectivity index (χ3v) is 7.52. The molecule has 25 heavy (non-hydrogen) atoms. The molecule has 3 saturated heterocycles. The molecule has 3 aliphatic heterocycles. The van der Waals surface area contributed by atoms with Crippen molar-refractivity contribution in [2.24, 2.45) is 5.92 Å². The Labute approximate surface area is 156 Å². The molecule has 2 bridgehead atoms. The van der Waals surface area contributed by atoms with Crippen molar-refractivity contribution in [3.8, 4) is 5.75 Å². The molecule has 3 fully saturated rings. The molecule has 0 saturated carbocycles. The molecule has 0 aliphatic carbocycles. The second-order valence-corrected chi connectivity index (χ2v) is 9.29. The molecule has 0 radical (unpaired) electrons. The lowest BCUT2D eigenvalue weighted by atomic mass is 9.79. The largest absolute Gasteiger partial charge is 0.508 e. The lowest BCUT2D eigenvalue weighted by Crippen LogP contribution is -2.62. The first kappa shape index (κ1) is 16.9. The summed E-state index contributed by atoms with van der Waals surface area (Å²) in [5.41, 5.74) is 0. The highest BCUT2D eigenvalue weighted by Crippen LogP contribution is 2.36. The van der Waals surface area contributed by atoms with Crippen LogP contribution in [-0.4, -0.2) is 41.1 Å². The molecule has 6 heteroatoms. The van der Waals surface area contributed by atoms with Gasteiger partial charge in [0.15, 0.2) is 0 Å². The van der Waals surface area contributed by atoms with Crippen LogP contribution in [0.4, 0.5) is 0 Å². The zero-order chi connectivity index (χ0) is 17.4. The molecule has 3 aliphatic rings. The number of benzene rings is 1. The number of amides is 1. The number of thiophene rings is 1. The Hall–Kier alpha value is -1.50. The minimum atomic E-state index is 0.0401. The minimum Gasteiger partial charge on any atom is -0.508 e. The summed E-state index contributed by atoms with van der Waals surface area (Å²) in [5, 5.41) is 12.8. The third kappa shape index (κ3) is 3.57. The van der Waals surface area contributed by atoms with Gasteiger partial charge in [-0.25, -0.2) is 0 Å².